The Kier molecular flexibility index (Phi) is 3.56. The van der Waals surface area contributed by atoms with E-state index in [1.807, 2.05) is 0 Å². The van der Waals surface area contributed by atoms with Crippen LogP contribution in [0.15, 0.2) is 18.2 Å². The molecular formula is C14H17N3O3. The Labute approximate surface area is 116 Å². The summed E-state index contributed by atoms with van der Waals surface area (Å²) in [6, 6.07) is 5.10. The van der Waals surface area contributed by atoms with Gasteiger partial charge in [0.1, 0.15) is 5.75 Å². The van der Waals surface area contributed by atoms with Gasteiger partial charge < -0.3 is 20.7 Å². The lowest BCUT2D eigenvalue weighted by molar-refractivity contribution is -0.119. The van der Waals surface area contributed by atoms with Gasteiger partial charge in [-0.05, 0) is 31.5 Å². The summed E-state index contributed by atoms with van der Waals surface area (Å²) < 4.78 is 5.32. The lowest BCUT2D eigenvalue weighted by Crippen LogP contribution is -2.43. The van der Waals surface area contributed by atoms with Crippen molar-refractivity contribution in [2.75, 3.05) is 23.8 Å². The van der Waals surface area contributed by atoms with Gasteiger partial charge in [0.15, 0.2) is 6.61 Å². The lowest BCUT2D eigenvalue weighted by atomic mass is 10.0. The summed E-state index contributed by atoms with van der Waals surface area (Å²) in [5.74, 6) is 0.393. The van der Waals surface area contributed by atoms with Crippen LogP contribution in [-0.4, -0.2) is 31.0 Å². The van der Waals surface area contributed by atoms with Crippen molar-refractivity contribution in [3.63, 3.8) is 0 Å². The second kappa shape index (κ2) is 5.50. The first-order valence-electron chi connectivity index (χ1n) is 6.83. The van der Waals surface area contributed by atoms with Gasteiger partial charge in [0.05, 0.1) is 11.7 Å². The molecule has 1 saturated heterocycles. The topological polar surface area (TPSA) is 79.5 Å². The number of carbonyl (C=O) groups excluding carboxylic acids is 2. The van der Waals surface area contributed by atoms with Crippen molar-refractivity contribution in [2.24, 2.45) is 0 Å². The highest BCUT2D eigenvalue weighted by molar-refractivity contribution is 5.98. The molecule has 6 nitrogen and oxygen atoms in total. The van der Waals surface area contributed by atoms with E-state index >= 15 is 0 Å². The second-order valence-electron chi connectivity index (χ2n) is 5.04. The average molecular weight is 275 g/mol. The number of benzene rings is 1. The Balaban J connectivity index is 1.68. The Morgan fingerprint density at radius 2 is 2.25 bits per heavy atom. The first-order chi connectivity index (χ1) is 9.72. The van der Waals surface area contributed by atoms with Crippen LogP contribution in [0.5, 0.6) is 5.75 Å². The van der Waals surface area contributed by atoms with Crippen LogP contribution in [-0.2, 0) is 9.59 Å². The van der Waals surface area contributed by atoms with Crippen LogP contribution in [0.1, 0.15) is 19.3 Å². The molecule has 1 atom stereocenters. The third-order valence-electron chi connectivity index (χ3n) is 3.51. The smallest absolute Gasteiger partial charge is 0.262 e. The molecule has 0 spiro atoms. The Morgan fingerprint density at radius 3 is 3.05 bits per heavy atom. The zero-order valence-corrected chi connectivity index (χ0v) is 11.1. The number of nitrogens with one attached hydrogen (secondary N) is 3. The monoisotopic (exact) mass is 275 g/mol. The van der Waals surface area contributed by atoms with E-state index in [1.165, 1.54) is 0 Å². The zero-order valence-electron chi connectivity index (χ0n) is 11.1. The van der Waals surface area contributed by atoms with Gasteiger partial charge in [-0.25, -0.2) is 0 Å². The van der Waals surface area contributed by atoms with Gasteiger partial charge in [-0.1, -0.05) is 6.42 Å². The fraction of sp³-hybridized carbons (Fsp3) is 0.429. The molecule has 1 unspecified atom stereocenters. The molecule has 1 fully saturated rings. The molecule has 2 aliphatic heterocycles. The fourth-order valence-corrected chi connectivity index (χ4v) is 2.46. The van der Waals surface area contributed by atoms with Gasteiger partial charge in [0.25, 0.3) is 5.91 Å². The van der Waals surface area contributed by atoms with Gasteiger partial charge in [-0.3, -0.25) is 9.59 Å². The zero-order chi connectivity index (χ0) is 13.9. The third-order valence-corrected chi connectivity index (χ3v) is 3.51. The van der Waals surface area contributed by atoms with Gasteiger partial charge in [0.2, 0.25) is 5.91 Å². The first-order valence-corrected chi connectivity index (χ1v) is 6.83. The van der Waals surface area contributed by atoms with Gasteiger partial charge in [-0.2, -0.15) is 0 Å². The lowest BCUT2D eigenvalue weighted by Gasteiger charge is -2.23. The van der Waals surface area contributed by atoms with Crippen LogP contribution in [0.3, 0.4) is 0 Å². The molecule has 2 heterocycles. The van der Waals surface area contributed by atoms with Gasteiger partial charge >= 0.3 is 0 Å². The van der Waals surface area contributed by atoms with Gasteiger partial charge in [0, 0.05) is 11.8 Å². The maximum atomic E-state index is 12.1. The van der Waals surface area contributed by atoms with Crippen molar-refractivity contribution < 1.29 is 14.3 Å². The standard InChI is InChI=1S/C14H17N3O3/c18-13-8-20-12-7-9(4-5-10(12)17-13)16-14(19)11-3-1-2-6-15-11/h4-5,7,11,15H,1-3,6,8H2,(H,16,19)(H,17,18). The minimum absolute atomic E-state index is 0.00851. The highest BCUT2D eigenvalue weighted by atomic mass is 16.5. The number of hydrogen-bond acceptors (Lipinski definition) is 4. The molecule has 3 N–H and O–H groups in total. The molecule has 0 aromatic heterocycles. The molecule has 1 aromatic rings. The quantitative estimate of drug-likeness (QED) is 0.755. The minimum Gasteiger partial charge on any atom is -0.482 e. The van der Waals surface area contributed by atoms with E-state index in [9.17, 15) is 9.59 Å². The van der Waals surface area contributed by atoms with E-state index in [4.69, 9.17) is 4.74 Å². The number of rotatable bonds is 2. The summed E-state index contributed by atoms with van der Waals surface area (Å²) in [5, 5.41) is 8.80. The summed E-state index contributed by atoms with van der Waals surface area (Å²) >= 11 is 0. The minimum atomic E-state index is -0.166. The van der Waals surface area contributed by atoms with Gasteiger partial charge in [-0.15, -0.1) is 0 Å². The molecule has 2 amide bonds. The van der Waals surface area contributed by atoms with E-state index in [0.29, 0.717) is 17.1 Å². The fourth-order valence-electron chi connectivity index (χ4n) is 2.46. The van der Waals surface area contributed by atoms with Crippen LogP contribution < -0.4 is 20.7 Å². The Bertz CT molecular complexity index is 538. The molecule has 6 heteroatoms. The highest BCUT2D eigenvalue weighted by Gasteiger charge is 2.21. The van der Waals surface area contributed by atoms with E-state index < -0.39 is 0 Å². The van der Waals surface area contributed by atoms with Crippen molar-refractivity contribution in [3.8, 4) is 5.75 Å². The van der Waals surface area contributed by atoms with Crippen LogP contribution in [0, 0.1) is 0 Å². The van der Waals surface area contributed by atoms with E-state index in [-0.39, 0.29) is 24.5 Å². The number of piperidine rings is 1. The molecule has 0 bridgehead atoms. The Hall–Kier alpha value is -2.08. The van der Waals surface area contributed by atoms with Crippen molar-refractivity contribution in [1.82, 2.24) is 5.32 Å². The number of carbonyl (C=O) groups is 2. The molecule has 1 aromatic carbocycles. The first kappa shape index (κ1) is 12.9. The molecule has 0 saturated carbocycles. The summed E-state index contributed by atoms with van der Waals surface area (Å²) in [4.78, 5) is 23.3. The van der Waals surface area contributed by atoms with E-state index in [2.05, 4.69) is 16.0 Å². The SMILES string of the molecule is O=C1COc2cc(NC(=O)C3CCCCN3)ccc2N1. The van der Waals surface area contributed by atoms with Crippen LogP contribution in [0.4, 0.5) is 11.4 Å². The largest absolute Gasteiger partial charge is 0.482 e. The predicted octanol–water partition coefficient (Wildman–Crippen LogP) is 1.10. The number of anilines is 2. The summed E-state index contributed by atoms with van der Waals surface area (Å²) in [5.41, 5.74) is 1.31. The van der Waals surface area contributed by atoms with Crippen LogP contribution in [0.25, 0.3) is 0 Å². The van der Waals surface area contributed by atoms with Crippen LogP contribution >= 0.6 is 0 Å². The molecule has 0 radical (unpaired) electrons. The number of amides is 2. The maximum Gasteiger partial charge on any atom is 0.262 e. The van der Waals surface area contributed by atoms with Crippen molar-refractivity contribution in [1.29, 1.82) is 0 Å². The maximum absolute atomic E-state index is 12.1. The number of hydrogen-bond donors (Lipinski definition) is 3. The van der Waals surface area contributed by atoms with Crippen molar-refractivity contribution in [3.05, 3.63) is 18.2 Å². The molecule has 0 aliphatic carbocycles. The highest BCUT2D eigenvalue weighted by Crippen LogP contribution is 2.30. The van der Waals surface area contributed by atoms with Crippen molar-refractivity contribution in [2.45, 2.75) is 25.3 Å². The van der Waals surface area contributed by atoms with Crippen LogP contribution in [0.2, 0.25) is 0 Å². The normalized spacial score (nSPS) is 21.4. The van der Waals surface area contributed by atoms with E-state index in [0.717, 1.165) is 25.8 Å². The van der Waals surface area contributed by atoms with Crippen molar-refractivity contribution >= 4 is 23.2 Å². The predicted molar refractivity (Wildman–Crippen MR) is 74.8 cm³/mol. The second-order valence-corrected chi connectivity index (χ2v) is 5.04. The molecule has 2 aliphatic rings. The molecule has 3 rings (SSSR count). The number of ether oxygens (including phenoxy) is 1. The third kappa shape index (κ3) is 2.75. The number of fused-ring (bicyclic) bond motifs is 1. The summed E-state index contributed by atoms with van der Waals surface area (Å²) in [6.45, 7) is 0.895. The van der Waals surface area contributed by atoms with E-state index in [1.54, 1.807) is 18.2 Å². The Morgan fingerprint density at radius 1 is 1.35 bits per heavy atom. The summed E-state index contributed by atoms with van der Waals surface area (Å²) in [6.07, 6.45) is 3.06. The average Bonchev–Trinajstić information content (AvgIpc) is 2.48. The summed E-state index contributed by atoms with van der Waals surface area (Å²) in [7, 11) is 0. The molecular weight excluding hydrogens is 258 g/mol. The molecule has 106 valence electrons. The molecule has 20 heavy (non-hydrogen) atoms.